The number of unbranched alkanes of at least 4 members (excludes halogenated alkanes) is 4. The van der Waals surface area contributed by atoms with Gasteiger partial charge in [-0.2, -0.15) is 0 Å². The van der Waals surface area contributed by atoms with Crippen molar-refractivity contribution in [1.82, 2.24) is 0 Å². The number of hydrogen-bond donors (Lipinski definition) is 1. The highest BCUT2D eigenvalue weighted by Gasteiger charge is 2.44. The summed E-state index contributed by atoms with van der Waals surface area (Å²) in [6.45, 7) is 9.23. The first kappa shape index (κ1) is 47.1. The summed E-state index contributed by atoms with van der Waals surface area (Å²) in [5.74, 6) is -1.49. The highest BCUT2D eigenvalue weighted by Crippen LogP contribution is 2.58. The van der Waals surface area contributed by atoms with E-state index >= 15 is 0 Å². The van der Waals surface area contributed by atoms with Gasteiger partial charge in [0.2, 0.25) is 9.84 Å². The summed E-state index contributed by atoms with van der Waals surface area (Å²) < 4.78 is 26.9. The number of benzene rings is 6. The summed E-state index contributed by atoms with van der Waals surface area (Å²) in [5, 5.41) is 10.1. The minimum Gasteiger partial charge on any atom is -0.477 e. The summed E-state index contributed by atoms with van der Waals surface area (Å²) in [6, 6.07) is 52.8. The largest absolute Gasteiger partial charge is 0.477 e. The maximum Gasteiger partial charge on any atom is 0.347 e. The molecule has 0 atom stereocenters. The van der Waals surface area contributed by atoms with Gasteiger partial charge in [0.25, 0.3) is 0 Å². The predicted molar refractivity (Wildman–Crippen MR) is 284 cm³/mol. The van der Waals surface area contributed by atoms with Crippen LogP contribution in [0.5, 0.6) is 0 Å². The van der Waals surface area contributed by atoms with Crippen molar-refractivity contribution in [3.8, 4) is 32.7 Å². The highest BCUT2D eigenvalue weighted by molar-refractivity contribution is 7.96. The standard InChI is InChI=1S/C61H63NO4S2/c1-5-9-36-60(37-10-6-2)53-24-18-16-22-49(53)51-33-30-45(40-55(51)60)62(46-31-34-52-50-23-17-19-25-54(50)61(38-11-7-3,39-12-8-4)56(52)41-46)44-28-26-43(27-29-44)57-35-32-47(67-57)42-58(59(63)64)68(65,66)48-20-14-13-15-21-48/h13-35,40-42H,5-12,36-39H2,1-4H3,(H,63,64). The van der Waals surface area contributed by atoms with Crippen molar-refractivity contribution in [3.63, 3.8) is 0 Å². The Balaban J connectivity index is 1.18. The number of anilines is 3. The fourth-order valence-electron chi connectivity index (χ4n) is 11.3. The van der Waals surface area contributed by atoms with Gasteiger partial charge in [-0.25, -0.2) is 13.2 Å². The summed E-state index contributed by atoms with van der Waals surface area (Å²) in [5.41, 5.74) is 15.4. The van der Waals surface area contributed by atoms with Crippen molar-refractivity contribution >= 4 is 50.3 Å². The molecule has 0 unspecified atom stereocenters. The first-order valence-corrected chi connectivity index (χ1v) is 27.1. The lowest BCUT2D eigenvalue weighted by Gasteiger charge is -2.35. The van der Waals surface area contributed by atoms with Crippen LogP contribution in [0.2, 0.25) is 0 Å². The zero-order valence-corrected chi connectivity index (χ0v) is 41.6. The molecule has 348 valence electrons. The van der Waals surface area contributed by atoms with Gasteiger partial charge in [-0.15, -0.1) is 11.3 Å². The van der Waals surface area contributed by atoms with Crippen LogP contribution < -0.4 is 4.90 Å². The smallest absolute Gasteiger partial charge is 0.347 e. The van der Waals surface area contributed by atoms with Crippen LogP contribution in [0.4, 0.5) is 17.1 Å². The number of nitrogens with zero attached hydrogens (tertiary/aromatic N) is 1. The normalized spacial score (nSPS) is 14.3. The van der Waals surface area contributed by atoms with Gasteiger partial charge in [0, 0.05) is 37.6 Å². The molecule has 2 aliphatic carbocycles. The van der Waals surface area contributed by atoms with E-state index in [2.05, 4.69) is 142 Å². The molecule has 0 saturated carbocycles. The molecule has 0 aliphatic heterocycles. The Bertz CT molecular complexity index is 2940. The van der Waals surface area contributed by atoms with E-state index in [9.17, 15) is 18.3 Å². The molecule has 1 aromatic heterocycles. The molecule has 1 N–H and O–H groups in total. The van der Waals surface area contributed by atoms with Gasteiger partial charge >= 0.3 is 5.97 Å². The third kappa shape index (κ3) is 8.47. The number of carboxylic acids is 1. The van der Waals surface area contributed by atoms with Crippen LogP contribution in [0.3, 0.4) is 0 Å². The number of rotatable bonds is 20. The van der Waals surface area contributed by atoms with Crippen LogP contribution >= 0.6 is 11.3 Å². The molecule has 0 fully saturated rings. The van der Waals surface area contributed by atoms with Gasteiger partial charge in [0.15, 0.2) is 4.91 Å². The highest BCUT2D eigenvalue weighted by atomic mass is 32.2. The van der Waals surface area contributed by atoms with Gasteiger partial charge in [0.05, 0.1) is 4.90 Å². The Morgan fingerprint density at radius 2 is 0.971 bits per heavy atom. The maximum atomic E-state index is 13.4. The summed E-state index contributed by atoms with van der Waals surface area (Å²) in [6.07, 6.45) is 15.0. The number of thiophene rings is 1. The molecular formula is C61H63NO4S2. The Kier molecular flexibility index (Phi) is 13.8. The zero-order valence-electron chi connectivity index (χ0n) is 39.9. The second-order valence-corrected chi connectivity index (χ2v) is 21.9. The van der Waals surface area contributed by atoms with Gasteiger partial charge in [-0.05, 0) is 142 Å². The molecule has 7 aromatic rings. The molecule has 0 spiro atoms. The van der Waals surface area contributed by atoms with Crippen molar-refractivity contribution < 1.29 is 18.3 Å². The van der Waals surface area contributed by atoms with E-state index in [1.165, 1.54) is 74.1 Å². The third-order valence-corrected chi connectivity index (χ3v) is 17.6. The Morgan fingerprint density at radius 3 is 1.44 bits per heavy atom. The monoisotopic (exact) mass is 937 g/mol. The molecule has 68 heavy (non-hydrogen) atoms. The minimum absolute atomic E-state index is 0.0494. The van der Waals surface area contributed by atoms with Gasteiger partial charge in [-0.3, -0.25) is 0 Å². The lowest BCUT2D eigenvalue weighted by Crippen LogP contribution is -2.26. The lowest BCUT2D eigenvalue weighted by atomic mass is 9.70. The molecule has 2 aliphatic rings. The molecule has 0 saturated heterocycles. The van der Waals surface area contributed by atoms with Crippen molar-refractivity contribution in [1.29, 1.82) is 0 Å². The number of fused-ring (bicyclic) bond motifs is 6. The maximum absolute atomic E-state index is 13.4. The lowest BCUT2D eigenvalue weighted by molar-refractivity contribution is -0.131. The van der Waals surface area contributed by atoms with Crippen molar-refractivity contribution in [2.45, 2.75) is 120 Å². The molecule has 0 amide bonds. The molecule has 0 bridgehead atoms. The van der Waals surface area contributed by atoms with Gasteiger partial charge in [-0.1, -0.05) is 170 Å². The van der Waals surface area contributed by atoms with Crippen LogP contribution in [0.1, 0.15) is 132 Å². The van der Waals surface area contributed by atoms with Crippen LogP contribution in [0, 0.1) is 0 Å². The topological polar surface area (TPSA) is 74.7 Å². The van der Waals surface area contributed by atoms with Crippen LogP contribution in [-0.2, 0) is 25.5 Å². The molecule has 9 rings (SSSR count). The quantitative estimate of drug-likeness (QED) is 0.0771. The molecule has 1 heterocycles. The fourth-order valence-corrected chi connectivity index (χ4v) is 13.6. The van der Waals surface area contributed by atoms with Crippen molar-refractivity contribution in [2.75, 3.05) is 4.90 Å². The Morgan fingerprint density at radius 1 is 0.529 bits per heavy atom. The SMILES string of the molecule is CCCCC1(CCCC)c2ccccc2-c2ccc(N(c3ccc(-c4ccc(C=C(C(=O)O)S(=O)(=O)c5ccccc5)s4)cc3)c3ccc4c(c3)C(CCCC)(CCCC)c3ccccc3-4)cc21. The second kappa shape index (κ2) is 19.9. The number of carboxylic acid groups (broad SMARTS) is 1. The van der Waals surface area contributed by atoms with E-state index in [-0.39, 0.29) is 15.7 Å². The number of hydrogen-bond acceptors (Lipinski definition) is 5. The number of aliphatic carboxylic acids is 1. The summed E-state index contributed by atoms with van der Waals surface area (Å²) in [4.78, 5) is 15.6. The van der Waals surface area contributed by atoms with Crippen LogP contribution in [0.15, 0.2) is 161 Å². The fraction of sp³-hybridized carbons (Fsp3) is 0.295. The van der Waals surface area contributed by atoms with Gasteiger partial charge < -0.3 is 10.0 Å². The van der Waals surface area contributed by atoms with E-state index in [1.54, 1.807) is 24.3 Å². The Labute approximate surface area is 408 Å². The third-order valence-electron chi connectivity index (χ3n) is 14.7. The van der Waals surface area contributed by atoms with E-state index < -0.39 is 20.7 Å². The van der Waals surface area contributed by atoms with E-state index in [4.69, 9.17) is 0 Å². The second-order valence-electron chi connectivity index (χ2n) is 18.8. The first-order valence-electron chi connectivity index (χ1n) is 24.8. The summed E-state index contributed by atoms with van der Waals surface area (Å²) in [7, 11) is -4.23. The average Bonchev–Trinajstić information content (AvgIpc) is 4.03. The number of sulfone groups is 1. The molecule has 7 heteroatoms. The summed E-state index contributed by atoms with van der Waals surface area (Å²) >= 11 is 1.37. The van der Waals surface area contributed by atoms with Crippen LogP contribution in [-0.4, -0.2) is 19.5 Å². The first-order chi connectivity index (χ1) is 33.1. The average molecular weight is 938 g/mol. The molecule has 0 radical (unpaired) electrons. The van der Waals surface area contributed by atoms with E-state index in [0.29, 0.717) is 4.88 Å². The predicted octanol–water partition coefficient (Wildman–Crippen LogP) is 17.1. The van der Waals surface area contributed by atoms with Crippen molar-refractivity contribution in [2.24, 2.45) is 0 Å². The molecule has 6 aromatic carbocycles. The molecular weight excluding hydrogens is 875 g/mol. The molecule has 5 nitrogen and oxygen atoms in total. The minimum atomic E-state index is -4.23. The van der Waals surface area contributed by atoms with Crippen molar-refractivity contribution in [3.05, 3.63) is 184 Å². The zero-order chi connectivity index (χ0) is 47.5. The van der Waals surface area contributed by atoms with E-state index in [0.717, 1.165) is 105 Å². The van der Waals surface area contributed by atoms with Gasteiger partial charge in [0.1, 0.15) is 0 Å². The van der Waals surface area contributed by atoms with Crippen LogP contribution in [0.25, 0.3) is 38.8 Å². The number of carbonyl (C=O) groups is 1. The van der Waals surface area contributed by atoms with E-state index in [1.807, 2.05) is 6.07 Å². The Hall–Kier alpha value is -6.02.